The molecule has 0 N–H and O–H groups in total. The first-order chi connectivity index (χ1) is 7.30. The van der Waals surface area contributed by atoms with Crippen molar-refractivity contribution < 1.29 is 4.74 Å². The number of ether oxygens (including phenoxy) is 1. The van der Waals surface area contributed by atoms with Crippen molar-refractivity contribution in [2.24, 2.45) is 0 Å². The average molecular weight is 201 g/mol. The molecule has 0 aromatic carbocycles. The molecule has 1 aromatic rings. The fourth-order valence-electron chi connectivity index (χ4n) is 1.28. The van der Waals surface area contributed by atoms with E-state index in [-0.39, 0.29) is 0 Å². The number of rotatable bonds is 3. The lowest BCUT2D eigenvalue weighted by molar-refractivity contribution is 0.413. The predicted octanol–water partition coefficient (Wildman–Crippen LogP) is 2.52. The Kier molecular flexibility index (Phi) is 4.76. The van der Waals surface area contributed by atoms with Gasteiger partial charge in [0.15, 0.2) is 0 Å². The summed E-state index contributed by atoms with van der Waals surface area (Å²) in [6, 6.07) is 1.91. The standard InChI is InChI=1S/C12H16BNO/c1-4-13(5-2)7-6-11-8-12(15-3)10-14-9-11/h8-10H,4-5H2,1-3H3. The van der Waals surface area contributed by atoms with Gasteiger partial charge in [-0.25, -0.2) is 0 Å². The van der Waals surface area contributed by atoms with Gasteiger partial charge in [0.2, 0.25) is 6.71 Å². The molecule has 0 radical (unpaired) electrons. The molecule has 0 fully saturated rings. The van der Waals surface area contributed by atoms with E-state index < -0.39 is 0 Å². The first-order valence-electron chi connectivity index (χ1n) is 5.30. The minimum atomic E-state index is 0.483. The van der Waals surface area contributed by atoms with E-state index in [1.54, 1.807) is 19.5 Å². The van der Waals surface area contributed by atoms with Crippen molar-refractivity contribution in [1.29, 1.82) is 0 Å². The van der Waals surface area contributed by atoms with E-state index in [4.69, 9.17) is 4.74 Å². The molecule has 78 valence electrons. The fraction of sp³-hybridized carbons (Fsp3) is 0.417. The number of nitrogens with zero attached hydrogens (tertiary/aromatic N) is 1. The van der Waals surface area contributed by atoms with Crippen LogP contribution in [0.15, 0.2) is 18.5 Å². The van der Waals surface area contributed by atoms with Crippen molar-refractivity contribution in [3.8, 4) is 17.5 Å². The average Bonchev–Trinajstić information content (AvgIpc) is 2.31. The van der Waals surface area contributed by atoms with E-state index in [9.17, 15) is 0 Å². The Morgan fingerprint density at radius 1 is 1.33 bits per heavy atom. The third kappa shape index (κ3) is 3.67. The summed E-state index contributed by atoms with van der Waals surface area (Å²) in [6.07, 6.45) is 5.64. The zero-order chi connectivity index (χ0) is 11.1. The van der Waals surface area contributed by atoms with Crippen molar-refractivity contribution in [2.45, 2.75) is 26.5 Å². The highest BCUT2D eigenvalue weighted by Gasteiger charge is 2.02. The van der Waals surface area contributed by atoms with Crippen molar-refractivity contribution in [2.75, 3.05) is 7.11 Å². The summed E-state index contributed by atoms with van der Waals surface area (Å²) in [6.45, 7) is 4.80. The third-order valence-electron chi connectivity index (χ3n) is 2.36. The summed E-state index contributed by atoms with van der Waals surface area (Å²) in [4.78, 5) is 4.06. The summed E-state index contributed by atoms with van der Waals surface area (Å²) in [5, 5.41) is 0. The molecule has 3 heteroatoms. The van der Waals surface area contributed by atoms with E-state index >= 15 is 0 Å². The Morgan fingerprint density at radius 3 is 2.67 bits per heavy atom. The van der Waals surface area contributed by atoms with Crippen LogP contribution in [0.3, 0.4) is 0 Å². The van der Waals surface area contributed by atoms with Crippen molar-refractivity contribution in [3.05, 3.63) is 24.0 Å². The largest absolute Gasteiger partial charge is 0.495 e. The molecule has 1 heterocycles. The van der Waals surface area contributed by atoms with Crippen LogP contribution in [0.4, 0.5) is 0 Å². The van der Waals surface area contributed by atoms with Gasteiger partial charge >= 0.3 is 0 Å². The second-order valence-electron chi connectivity index (χ2n) is 3.40. The molecular weight excluding hydrogens is 185 g/mol. The maximum absolute atomic E-state index is 5.08. The van der Waals surface area contributed by atoms with Gasteiger partial charge in [-0.3, -0.25) is 4.98 Å². The van der Waals surface area contributed by atoms with Gasteiger partial charge in [0.1, 0.15) is 5.75 Å². The molecule has 0 unspecified atom stereocenters. The molecule has 0 aliphatic carbocycles. The highest BCUT2D eigenvalue weighted by atomic mass is 16.5. The molecule has 0 aliphatic rings. The van der Waals surface area contributed by atoms with E-state index in [0.29, 0.717) is 6.71 Å². The molecule has 2 nitrogen and oxygen atoms in total. The number of hydrogen-bond donors (Lipinski definition) is 0. The Bertz CT molecular complexity index is 363. The topological polar surface area (TPSA) is 22.1 Å². The monoisotopic (exact) mass is 201 g/mol. The summed E-state index contributed by atoms with van der Waals surface area (Å²) in [5.74, 6) is 7.13. The molecule has 0 bridgehead atoms. The predicted molar refractivity (Wildman–Crippen MR) is 64.4 cm³/mol. The number of methoxy groups -OCH3 is 1. The van der Waals surface area contributed by atoms with Gasteiger partial charge in [-0.15, -0.1) is 5.82 Å². The van der Waals surface area contributed by atoms with Crippen LogP contribution < -0.4 is 4.74 Å². The van der Waals surface area contributed by atoms with Crippen LogP contribution in [0.25, 0.3) is 0 Å². The molecule has 0 saturated heterocycles. The quantitative estimate of drug-likeness (QED) is 0.553. The Morgan fingerprint density at radius 2 is 2.07 bits per heavy atom. The van der Waals surface area contributed by atoms with Gasteiger partial charge in [0, 0.05) is 11.8 Å². The van der Waals surface area contributed by atoms with Gasteiger partial charge in [-0.1, -0.05) is 32.4 Å². The summed E-state index contributed by atoms with van der Waals surface area (Å²) in [7, 11) is 1.63. The number of aromatic nitrogens is 1. The smallest absolute Gasteiger partial charge is 0.231 e. The van der Waals surface area contributed by atoms with Crippen molar-refractivity contribution >= 4 is 6.71 Å². The minimum Gasteiger partial charge on any atom is -0.495 e. The molecule has 0 atom stereocenters. The van der Waals surface area contributed by atoms with Crippen molar-refractivity contribution in [3.63, 3.8) is 0 Å². The van der Waals surface area contributed by atoms with E-state index in [1.807, 2.05) is 6.07 Å². The second-order valence-corrected chi connectivity index (χ2v) is 3.40. The van der Waals surface area contributed by atoms with E-state index in [0.717, 1.165) is 24.0 Å². The van der Waals surface area contributed by atoms with Crippen LogP contribution in [0, 0.1) is 11.7 Å². The lowest BCUT2D eigenvalue weighted by Crippen LogP contribution is -2.05. The summed E-state index contributed by atoms with van der Waals surface area (Å²) in [5.41, 5.74) is 0.918. The molecule has 1 rings (SSSR count). The number of hydrogen-bond acceptors (Lipinski definition) is 2. The first-order valence-corrected chi connectivity index (χ1v) is 5.30. The fourth-order valence-corrected chi connectivity index (χ4v) is 1.28. The number of pyridine rings is 1. The molecular formula is C12H16BNO. The lowest BCUT2D eigenvalue weighted by atomic mass is 9.46. The zero-order valence-electron chi connectivity index (χ0n) is 9.58. The molecule has 15 heavy (non-hydrogen) atoms. The molecule has 1 aromatic heterocycles. The minimum absolute atomic E-state index is 0.483. The molecule has 0 saturated carbocycles. The summed E-state index contributed by atoms with van der Waals surface area (Å²) < 4.78 is 5.08. The highest BCUT2D eigenvalue weighted by molar-refractivity contribution is 6.67. The second kappa shape index (κ2) is 6.13. The van der Waals surface area contributed by atoms with Gasteiger partial charge < -0.3 is 4.74 Å². The van der Waals surface area contributed by atoms with Gasteiger partial charge in [-0.2, -0.15) is 0 Å². The van der Waals surface area contributed by atoms with Crippen LogP contribution in [-0.4, -0.2) is 18.8 Å². The van der Waals surface area contributed by atoms with E-state index in [2.05, 4.69) is 30.6 Å². The Hall–Kier alpha value is -1.43. The lowest BCUT2D eigenvalue weighted by Gasteiger charge is -1.98. The Labute approximate surface area is 92.1 Å². The van der Waals surface area contributed by atoms with E-state index in [1.165, 1.54) is 0 Å². The van der Waals surface area contributed by atoms with Crippen LogP contribution in [0.5, 0.6) is 5.75 Å². The maximum atomic E-state index is 5.08. The maximum Gasteiger partial charge on any atom is 0.231 e. The normalized spacial score (nSPS) is 9.00. The SMILES string of the molecule is CCB(C#Cc1cncc(OC)c1)CC. The zero-order valence-corrected chi connectivity index (χ0v) is 9.58. The summed E-state index contributed by atoms with van der Waals surface area (Å²) >= 11 is 0. The van der Waals surface area contributed by atoms with Crippen LogP contribution in [0.1, 0.15) is 19.4 Å². The van der Waals surface area contributed by atoms with Crippen LogP contribution in [-0.2, 0) is 0 Å². The first kappa shape index (κ1) is 11.6. The third-order valence-corrected chi connectivity index (χ3v) is 2.36. The van der Waals surface area contributed by atoms with Gasteiger partial charge in [0.05, 0.1) is 13.3 Å². The molecule has 0 amide bonds. The van der Waals surface area contributed by atoms with Gasteiger partial charge in [-0.05, 0) is 6.07 Å². The van der Waals surface area contributed by atoms with Crippen LogP contribution in [0.2, 0.25) is 12.6 Å². The highest BCUT2D eigenvalue weighted by Crippen LogP contribution is 2.09. The van der Waals surface area contributed by atoms with Crippen molar-refractivity contribution in [1.82, 2.24) is 4.98 Å². The van der Waals surface area contributed by atoms with Gasteiger partial charge in [0.25, 0.3) is 0 Å². The molecule has 0 spiro atoms. The van der Waals surface area contributed by atoms with Crippen LogP contribution >= 0.6 is 0 Å². The Balaban J connectivity index is 2.78. The molecule has 0 aliphatic heterocycles.